The molecule has 1 atom stereocenters. The van der Waals surface area contributed by atoms with E-state index in [9.17, 15) is 0 Å². The largest absolute Gasteiger partial charge is 0.500 e. The van der Waals surface area contributed by atoms with E-state index in [2.05, 4.69) is 25.9 Å². The van der Waals surface area contributed by atoms with Crippen LogP contribution in [-0.2, 0) is 13.3 Å². The molecule has 86 valence electrons. The fourth-order valence-corrected chi connectivity index (χ4v) is 3.08. The Morgan fingerprint density at radius 2 is 1.50 bits per heavy atom. The third-order valence-corrected chi connectivity index (χ3v) is 5.45. The van der Waals surface area contributed by atoms with E-state index in [4.69, 9.17) is 13.3 Å². The van der Waals surface area contributed by atoms with E-state index < -0.39 is 8.80 Å². The Kier molecular flexibility index (Phi) is 6.55. The summed E-state index contributed by atoms with van der Waals surface area (Å²) in [7, 11) is 6.74. The SMILES string of the molecule is CO[Si](CCC(C)N(C)C)(OC)OC. The van der Waals surface area contributed by atoms with E-state index in [1.54, 1.807) is 21.3 Å². The lowest BCUT2D eigenvalue weighted by Crippen LogP contribution is -2.44. The van der Waals surface area contributed by atoms with Gasteiger partial charge >= 0.3 is 8.80 Å². The van der Waals surface area contributed by atoms with Gasteiger partial charge in [-0.2, -0.15) is 0 Å². The van der Waals surface area contributed by atoms with Crippen LogP contribution >= 0.6 is 0 Å². The fraction of sp³-hybridized carbons (Fsp3) is 1.00. The fourth-order valence-electron chi connectivity index (χ4n) is 1.20. The maximum Gasteiger partial charge on any atom is 0.500 e. The average molecular weight is 221 g/mol. The molecule has 1 unspecified atom stereocenters. The van der Waals surface area contributed by atoms with Gasteiger partial charge < -0.3 is 18.2 Å². The zero-order chi connectivity index (χ0) is 11.2. The third kappa shape index (κ3) is 4.06. The maximum atomic E-state index is 5.34. The van der Waals surface area contributed by atoms with Crippen molar-refractivity contribution in [2.75, 3.05) is 35.4 Å². The smallest absolute Gasteiger partial charge is 0.377 e. The molecular weight excluding hydrogens is 198 g/mol. The molecule has 0 N–H and O–H groups in total. The third-order valence-electron chi connectivity index (χ3n) is 2.68. The highest BCUT2D eigenvalue weighted by Crippen LogP contribution is 2.17. The van der Waals surface area contributed by atoms with Crippen LogP contribution in [0.3, 0.4) is 0 Å². The van der Waals surface area contributed by atoms with Crippen molar-refractivity contribution in [1.29, 1.82) is 0 Å². The molecule has 0 aliphatic carbocycles. The number of rotatable bonds is 7. The summed E-state index contributed by atoms with van der Waals surface area (Å²) in [5.74, 6) is 0. The first kappa shape index (κ1) is 14.1. The first-order chi connectivity index (χ1) is 6.51. The molecule has 0 amide bonds. The monoisotopic (exact) mass is 221 g/mol. The first-order valence-electron chi connectivity index (χ1n) is 4.83. The van der Waals surface area contributed by atoms with Crippen molar-refractivity contribution < 1.29 is 13.3 Å². The van der Waals surface area contributed by atoms with E-state index in [0.29, 0.717) is 6.04 Å². The molecule has 0 rings (SSSR count). The van der Waals surface area contributed by atoms with E-state index >= 15 is 0 Å². The van der Waals surface area contributed by atoms with Gasteiger partial charge in [-0.3, -0.25) is 0 Å². The second kappa shape index (κ2) is 6.52. The minimum Gasteiger partial charge on any atom is -0.377 e. The Hall–Kier alpha value is 0.0569. The number of hydrogen-bond donors (Lipinski definition) is 0. The van der Waals surface area contributed by atoms with Gasteiger partial charge in [0.2, 0.25) is 0 Å². The minimum absolute atomic E-state index is 0.516. The molecule has 0 aliphatic rings. The molecule has 0 saturated heterocycles. The molecule has 4 nitrogen and oxygen atoms in total. The molecule has 0 aromatic heterocycles. The van der Waals surface area contributed by atoms with Crippen LogP contribution in [0.2, 0.25) is 6.04 Å². The second-order valence-corrected chi connectivity index (χ2v) is 6.74. The average Bonchev–Trinajstić information content (AvgIpc) is 2.20. The summed E-state index contributed by atoms with van der Waals surface area (Å²) in [5, 5.41) is 0. The Morgan fingerprint density at radius 3 is 1.79 bits per heavy atom. The molecule has 0 radical (unpaired) electrons. The maximum absolute atomic E-state index is 5.34. The van der Waals surface area contributed by atoms with Crippen LogP contribution in [0.5, 0.6) is 0 Å². The second-order valence-electron chi connectivity index (χ2n) is 3.65. The van der Waals surface area contributed by atoms with E-state index in [0.717, 1.165) is 12.5 Å². The molecule has 0 fully saturated rings. The van der Waals surface area contributed by atoms with Crippen molar-refractivity contribution in [3.63, 3.8) is 0 Å². The summed E-state index contributed by atoms with van der Waals surface area (Å²) < 4.78 is 16.0. The van der Waals surface area contributed by atoms with Crippen molar-refractivity contribution >= 4 is 8.80 Å². The summed E-state index contributed by atoms with van der Waals surface area (Å²) in [4.78, 5) is 2.18. The topological polar surface area (TPSA) is 30.9 Å². The van der Waals surface area contributed by atoms with Crippen LogP contribution in [0.15, 0.2) is 0 Å². The number of nitrogens with zero attached hydrogens (tertiary/aromatic N) is 1. The van der Waals surface area contributed by atoms with Crippen LogP contribution in [0.4, 0.5) is 0 Å². The molecule has 0 saturated carbocycles. The predicted molar refractivity (Wildman–Crippen MR) is 59.4 cm³/mol. The lowest BCUT2D eigenvalue weighted by molar-refractivity contribution is 0.120. The van der Waals surface area contributed by atoms with Gasteiger partial charge in [0.1, 0.15) is 0 Å². The molecule has 0 aromatic rings. The Labute approximate surface area is 88.5 Å². The molecule has 0 heterocycles. The highest BCUT2D eigenvalue weighted by molar-refractivity contribution is 6.60. The zero-order valence-corrected chi connectivity index (χ0v) is 11.2. The van der Waals surface area contributed by atoms with Crippen molar-refractivity contribution in [3.8, 4) is 0 Å². The molecular formula is C9H23NO3Si. The summed E-state index contributed by atoms with van der Waals surface area (Å²) in [5.41, 5.74) is 0. The van der Waals surface area contributed by atoms with Gasteiger partial charge in [0, 0.05) is 33.4 Å². The van der Waals surface area contributed by atoms with Gasteiger partial charge in [-0.25, -0.2) is 0 Å². The minimum atomic E-state index is -2.35. The Morgan fingerprint density at radius 1 is 1.07 bits per heavy atom. The summed E-state index contributed by atoms with van der Waals surface area (Å²) >= 11 is 0. The highest BCUT2D eigenvalue weighted by atomic mass is 28.4. The lowest BCUT2D eigenvalue weighted by atomic mass is 10.2. The van der Waals surface area contributed by atoms with Gasteiger partial charge in [-0.1, -0.05) is 0 Å². The molecule has 0 aliphatic heterocycles. The van der Waals surface area contributed by atoms with Crippen molar-refractivity contribution in [1.82, 2.24) is 4.90 Å². The molecule has 0 bridgehead atoms. The lowest BCUT2D eigenvalue weighted by Gasteiger charge is -2.27. The van der Waals surface area contributed by atoms with Gasteiger partial charge in [-0.15, -0.1) is 0 Å². The quantitative estimate of drug-likeness (QED) is 0.605. The van der Waals surface area contributed by atoms with Crippen molar-refractivity contribution in [3.05, 3.63) is 0 Å². The molecule has 0 aromatic carbocycles. The summed E-state index contributed by atoms with van der Waals surface area (Å²) in [6, 6.07) is 1.37. The van der Waals surface area contributed by atoms with Crippen molar-refractivity contribution in [2.45, 2.75) is 25.4 Å². The van der Waals surface area contributed by atoms with E-state index in [1.807, 2.05) is 0 Å². The van der Waals surface area contributed by atoms with E-state index in [1.165, 1.54) is 0 Å². The van der Waals surface area contributed by atoms with Crippen LogP contribution in [-0.4, -0.2) is 55.2 Å². The van der Waals surface area contributed by atoms with Crippen molar-refractivity contribution in [2.24, 2.45) is 0 Å². The standard InChI is InChI=1S/C9H23NO3Si/c1-9(10(2)3)7-8-14(11-4,12-5)13-6/h9H,7-8H2,1-6H3. The van der Waals surface area contributed by atoms with E-state index in [-0.39, 0.29) is 0 Å². The van der Waals surface area contributed by atoms with Gasteiger partial charge in [0.25, 0.3) is 0 Å². The van der Waals surface area contributed by atoms with Crippen LogP contribution in [0.1, 0.15) is 13.3 Å². The molecule has 14 heavy (non-hydrogen) atoms. The zero-order valence-electron chi connectivity index (χ0n) is 10.2. The van der Waals surface area contributed by atoms with Crippen LogP contribution < -0.4 is 0 Å². The van der Waals surface area contributed by atoms with Gasteiger partial charge in [0.05, 0.1) is 0 Å². The predicted octanol–water partition coefficient (Wildman–Crippen LogP) is 1.20. The summed E-state index contributed by atoms with van der Waals surface area (Å²) in [6.07, 6.45) is 1.02. The molecule has 0 spiro atoms. The highest BCUT2D eigenvalue weighted by Gasteiger charge is 2.37. The van der Waals surface area contributed by atoms with Gasteiger partial charge in [-0.05, 0) is 27.4 Å². The molecule has 5 heteroatoms. The van der Waals surface area contributed by atoms with Crippen LogP contribution in [0, 0.1) is 0 Å². The normalized spacial score (nSPS) is 14.8. The number of hydrogen-bond acceptors (Lipinski definition) is 4. The Bertz CT molecular complexity index is 143. The van der Waals surface area contributed by atoms with Crippen LogP contribution in [0.25, 0.3) is 0 Å². The first-order valence-corrected chi connectivity index (χ1v) is 6.76. The Balaban J connectivity index is 4.05. The summed E-state index contributed by atoms with van der Waals surface area (Å²) in [6.45, 7) is 2.18. The van der Waals surface area contributed by atoms with Gasteiger partial charge in [0.15, 0.2) is 0 Å².